The maximum atomic E-state index is 12.2. The molecule has 1 atom stereocenters. The highest BCUT2D eigenvalue weighted by Crippen LogP contribution is 2.24. The molecule has 20 heavy (non-hydrogen) atoms. The molecule has 1 aliphatic rings. The van der Waals surface area contributed by atoms with Crippen molar-refractivity contribution in [2.75, 3.05) is 33.4 Å². The van der Waals surface area contributed by atoms with Gasteiger partial charge in [0, 0.05) is 32.8 Å². The second kappa shape index (κ2) is 10.1. The first-order valence-electron chi connectivity index (χ1n) is 7.84. The van der Waals surface area contributed by atoms with E-state index in [0.717, 1.165) is 19.3 Å². The summed E-state index contributed by atoms with van der Waals surface area (Å²) in [6, 6.07) is 0.267. The molecule has 1 fully saturated rings. The van der Waals surface area contributed by atoms with Crippen LogP contribution >= 0.6 is 0 Å². The summed E-state index contributed by atoms with van der Waals surface area (Å²) in [5, 5.41) is 12.2. The van der Waals surface area contributed by atoms with Crippen LogP contribution in [-0.4, -0.2) is 61.4 Å². The highest BCUT2D eigenvalue weighted by Gasteiger charge is 2.28. The van der Waals surface area contributed by atoms with Crippen LogP contribution in [-0.2, 0) is 9.53 Å². The van der Waals surface area contributed by atoms with Crippen LogP contribution in [0.4, 0.5) is 0 Å². The number of aliphatic hydroxyl groups is 1. The van der Waals surface area contributed by atoms with Crippen molar-refractivity contribution in [3.05, 3.63) is 0 Å². The molecule has 5 heteroatoms. The van der Waals surface area contributed by atoms with E-state index in [0.29, 0.717) is 25.7 Å². The molecule has 1 unspecified atom stereocenters. The first-order chi connectivity index (χ1) is 9.70. The maximum absolute atomic E-state index is 12.2. The molecule has 0 aromatic heterocycles. The minimum atomic E-state index is -0.173. The van der Waals surface area contributed by atoms with Gasteiger partial charge in [0.15, 0.2) is 0 Å². The highest BCUT2D eigenvalue weighted by molar-refractivity contribution is 5.81. The number of carbonyl (C=O) groups is 1. The number of nitrogens with one attached hydrogen (secondary N) is 1. The summed E-state index contributed by atoms with van der Waals surface area (Å²) in [6.45, 7) is 3.94. The summed E-state index contributed by atoms with van der Waals surface area (Å²) in [7, 11) is 1.66. The van der Waals surface area contributed by atoms with Crippen LogP contribution in [0.3, 0.4) is 0 Å². The first kappa shape index (κ1) is 17.4. The highest BCUT2D eigenvalue weighted by atomic mass is 16.5. The Balaban J connectivity index is 2.44. The SMILES string of the molecule is COCCCNC(=O)C(C)N(CCO)C1CCCCC1. The van der Waals surface area contributed by atoms with Gasteiger partial charge in [-0.2, -0.15) is 0 Å². The average Bonchev–Trinajstić information content (AvgIpc) is 2.49. The summed E-state index contributed by atoms with van der Waals surface area (Å²) in [5.74, 6) is 0.0557. The van der Waals surface area contributed by atoms with Gasteiger partial charge in [-0.05, 0) is 26.2 Å². The van der Waals surface area contributed by atoms with Crippen molar-refractivity contribution >= 4 is 5.91 Å². The summed E-state index contributed by atoms with van der Waals surface area (Å²) in [4.78, 5) is 14.4. The van der Waals surface area contributed by atoms with Crippen LogP contribution in [0, 0.1) is 0 Å². The van der Waals surface area contributed by atoms with Gasteiger partial charge in [0.2, 0.25) is 5.91 Å². The summed E-state index contributed by atoms with van der Waals surface area (Å²) < 4.78 is 4.97. The van der Waals surface area contributed by atoms with Gasteiger partial charge < -0.3 is 15.2 Å². The van der Waals surface area contributed by atoms with Crippen LogP contribution in [0.15, 0.2) is 0 Å². The van der Waals surface area contributed by atoms with E-state index in [2.05, 4.69) is 10.2 Å². The Bertz CT molecular complexity index is 268. The first-order valence-corrected chi connectivity index (χ1v) is 7.84. The molecule has 5 nitrogen and oxygen atoms in total. The topological polar surface area (TPSA) is 61.8 Å². The second-order valence-electron chi connectivity index (χ2n) is 5.57. The zero-order chi connectivity index (χ0) is 14.8. The Morgan fingerprint density at radius 1 is 1.40 bits per heavy atom. The van der Waals surface area contributed by atoms with Crippen molar-refractivity contribution < 1.29 is 14.6 Å². The molecule has 118 valence electrons. The normalized spacial score (nSPS) is 18.2. The molecule has 1 aliphatic carbocycles. The zero-order valence-corrected chi connectivity index (χ0v) is 12.9. The van der Waals surface area contributed by atoms with Crippen LogP contribution in [0.5, 0.6) is 0 Å². The molecule has 0 aliphatic heterocycles. The molecule has 1 saturated carbocycles. The average molecular weight is 286 g/mol. The molecule has 2 N–H and O–H groups in total. The van der Waals surface area contributed by atoms with Gasteiger partial charge in [0.05, 0.1) is 12.6 Å². The lowest BCUT2D eigenvalue weighted by molar-refractivity contribution is -0.127. The summed E-state index contributed by atoms with van der Waals surface area (Å²) in [5.41, 5.74) is 0. The van der Waals surface area contributed by atoms with E-state index >= 15 is 0 Å². The van der Waals surface area contributed by atoms with E-state index < -0.39 is 0 Å². The number of hydrogen-bond acceptors (Lipinski definition) is 4. The number of ether oxygens (including phenoxy) is 1. The van der Waals surface area contributed by atoms with E-state index in [1.807, 2.05) is 6.92 Å². The Labute approximate surface area is 122 Å². The monoisotopic (exact) mass is 286 g/mol. The predicted molar refractivity (Wildman–Crippen MR) is 79.6 cm³/mol. The quantitative estimate of drug-likeness (QED) is 0.624. The third-order valence-corrected chi connectivity index (χ3v) is 4.10. The molecule has 0 spiro atoms. The van der Waals surface area contributed by atoms with Gasteiger partial charge in [-0.1, -0.05) is 19.3 Å². The molecular formula is C15H30N2O3. The molecule has 1 rings (SSSR count). The lowest BCUT2D eigenvalue weighted by atomic mass is 9.93. The number of rotatable bonds is 9. The third-order valence-electron chi connectivity index (χ3n) is 4.10. The number of amides is 1. The van der Waals surface area contributed by atoms with E-state index in [4.69, 9.17) is 4.74 Å². The molecule has 0 heterocycles. The Kier molecular flexibility index (Phi) is 8.82. The van der Waals surface area contributed by atoms with Crippen LogP contribution in [0.25, 0.3) is 0 Å². The molecule has 0 saturated heterocycles. The number of carbonyl (C=O) groups excluding carboxylic acids is 1. The van der Waals surface area contributed by atoms with E-state index in [-0.39, 0.29) is 18.6 Å². The lowest BCUT2D eigenvalue weighted by Crippen LogP contribution is -2.51. The fourth-order valence-corrected chi connectivity index (χ4v) is 2.95. The van der Waals surface area contributed by atoms with Gasteiger partial charge in [-0.3, -0.25) is 9.69 Å². The van der Waals surface area contributed by atoms with Crippen LogP contribution in [0.1, 0.15) is 45.4 Å². The van der Waals surface area contributed by atoms with Crippen molar-refractivity contribution in [2.45, 2.75) is 57.5 Å². The smallest absolute Gasteiger partial charge is 0.237 e. The number of aliphatic hydroxyl groups excluding tert-OH is 1. The van der Waals surface area contributed by atoms with Gasteiger partial charge in [0.1, 0.15) is 0 Å². The Hall–Kier alpha value is -0.650. The molecule has 0 aromatic carbocycles. The lowest BCUT2D eigenvalue weighted by Gasteiger charge is -2.37. The van der Waals surface area contributed by atoms with Crippen molar-refractivity contribution in [3.8, 4) is 0 Å². The fraction of sp³-hybridized carbons (Fsp3) is 0.933. The minimum absolute atomic E-state index is 0.0557. The molecule has 0 radical (unpaired) electrons. The molecule has 0 aromatic rings. The zero-order valence-electron chi connectivity index (χ0n) is 12.9. The van der Waals surface area contributed by atoms with E-state index in [9.17, 15) is 9.90 Å². The Morgan fingerprint density at radius 3 is 2.70 bits per heavy atom. The number of methoxy groups -OCH3 is 1. The van der Waals surface area contributed by atoms with Crippen molar-refractivity contribution in [2.24, 2.45) is 0 Å². The van der Waals surface area contributed by atoms with Gasteiger partial charge in [0.25, 0.3) is 0 Å². The number of nitrogens with zero attached hydrogens (tertiary/aromatic N) is 1. The fourth-order valence-electron chi connectivity index (χ4n) is 2.95. The second-order valence-corrected chi connectivity index (χ2v) is 5.57. The number of hydrogen-bond donors (Lipinski definition) is 2. The van der Waals surface area contributed by atoms with E-state index in [1.54, 1.807) is 7.11 Å². The van der Waals surface area contributed by atoms with Gasteiger partial charge >= 0.3 is 0 Å². The van der Waals surface area contributed by atoms with Crippen LogP contribution < -0.4 is 5.32 Å². The summed E-state index contributed by atoms with van der Waals surface area (Å²) >= 11 is 0. The largest absolute Gasteiger partial charge is 0.395 e. The van der Waals surface area contributed by atoms with Crippen LogP contribution in [0.2, 0.25) is 0 Å². The molecule has 1 amide bonds. The third kappa shape index (κ3) is 5.77. The predicted octanol–water partition coefficient (Wildman–Crippen LogP) is 1.15. The maximum Gasteiger partial charge on any atom is 0.237 e. The Morgan fingerprint density at radius 2 is 2.10 bits per heavy atom. The molecular weight excluding hydrogens is 256 g/mol. The van der Waals surface area contributed by atoms with Gasteiger partial charge in [-0.25, -0.2) is 0 Å². The van der Waals surface area contributed by atoms with Crippen molar-refractivity contribution in [3.63, 3.8) is 0 Å². The van der Waals surface area contributed by atoms with E-state index in [1.165, 1.54) is 19.3 Å². The summed E-state index contributed by atoms with van der Waals surface area (Å²) in [6.07, 6.45) is 6.87. The molecule has 0 bridgehead atoms. The standard InChI is InChI=1S/C15H30N2O3/c1-13(15(19)16-9-6-12-20-2)17(10-11-18)14-7-4-3-5-8-14/h13-14,18H,3-12H2,1-2H3,(H,16,19). The van der Waals surface area contributed by atoms with Crippen molar-refractivity contribution in [1.82, 2.24) is 10.2 Å². The van der Waals surface area contributed by atoms with Gasteiger partial charge in [-0.15, -0.1) is 0 Å². The van der Waals surface area contributed by atoms with Crippen molar-refractivity contribution in [1.29, 1.82) is 0 Å². The minimum Gasteiger partial charge on any atom is -0.395 e.